The van der Waals surface area contributed by atoms with Gasteiger partial charge in [0.1, 0.15) is 0 Å². The van der Waals surface area contributed by atoms with Crippen LogP contribution in [0, 0.1) is 5.41 Å². The zero-order valence-corrected chi connectivity index (χ0v) is 17.1. The second-order valence-corrected chi connectivity index (χ2v) is 7.35. The molecule has 0 atom stereocenters. The van der Waals surface area contributed by atoms with Crippen LogP contribution in [0.1, 0.15) is 37.7 Å². The minimum Gasteiger partial charge on any atom is -0.385 e. The van der Waals surface area contributed by atoms with Crippen LogP contribution >= 0.6 is 0 Å². The monoisotopic (exact) mass is 376 g/mol. The van der Waals surface area contributed by atoms with E-state index in [1.54, 1.807) is 14.2 Å². The molecule has 1 aliphatic rings. The highest BCUT2D eigenvalue weighted by Gasteiger charge is 2.33. The first-order valence-electron chi connectivity index (χ1n) is 9.96. The summed E-state index contributed by atoms with van der Waals surface area (Å²) in [5.74, 6) is 0.862. The number of hydrogen-bond acceptors (Lipinski definition) is 4. The molecule has 0 spiro atoms. The van der Waals surface area contributed by atoms with Gasteiger partial charge in [0.15, 0.2) is 5.96 Å². The number of anilines is 1. The lowest BCUT2D eigenvalue weighted by molar-refractivity contribution is 0.138. The van der Waals surface area contributed by atoms with E-state index in [1.807, 2.05) is 7.05 Å². The molecule has 0 amide bonds. The Hall–Kier alpha value is -1.79. The van der Waals surface area contributed by atoms with Crippen molar-refractivity contribution in [3.63, 3.8) is 0 Å². The Labute approximate surface area is 164 Å². The molecule has 0 saturated heterocycles. The molecule has 6 heteroatoms. The molecule has 0 radical (unpaired) electrons. The Morgan fingerprint density at radius 2 is 1.74 bits per heavy atom. The number of aliphatic imine (C=N–C) groups is 1. The normalized spacial score (nSPS) is 16.3. The summed E-state index contributed by atoms with van der Waals surface area (Å²) in [6.45, 7) is 4.06. The standard InChI is InChI=1S/C21H36N4O2/c1-22-20(25-17-21(12-14-26-2)10-4-5-11-21)24-16-18-6-8-19(9-7-18)23-13-15-27-3/h6-9,23H,4-5,10-17H2,1-3H3,(H2,22,24,25). The Balaban J connectivity index is 1.77. The topological polar surface area (TPSA) is 66.9 Å². The van der Waals surface area contributed by atoms with E-state index in [0.717, 1.165) is 44.3 Å². The minimum atomic E-state index is 0.350. The van der Waals surface area contributed by atoms with E-state index in [2.05, 4.69) is 45.2 Å². The zero-order chi connectivity index (χ0) is 19.4. The van der Waals surface area contributed by atoms with Crippen LogP contribution in [-0.2, 0) is 16.0 Å². The van der Waals surface area contributed by atoms with Crippen molar-refractivity contribution in [1.29, 1.82) is 0 Å². The van der Waals surface area contributed by atoms with E-state index in [4.69, 9.17) is 9.47 Å². The molecule has 27 heavy (non-hydrogen) atoms. The van der Waals surface area contributed by atoms with E-state index in [1.165, 1.54) is 31.2 Å². The first-order chi connectivity index (χ1) is 13.2. The fourth-order valence-electron chi connectivity index (χ4n) is 3.67. The molecule has 1 aromatic rings. The SMILES string of the molecule is CN=C(NCc1ccc(NCCOC)cc1)NCC1(CCOC)CCCC1. The number of methoxy groups -OCH3 is 2. The number of nitrogens with one attached hydrogen (secondary N) is 3. The van der Waals surface area contributed by atoms with E-state index in [0.29, 0.717) is 12.0 Å². The second-order valence-electron chi connectivity index (χ2n) is 7.35. The summed E-state index contributed by atoms with van der Waals surface area (Å²) in [6, 6.07) is 8.46. The van der Waals surface area contributed by atoms with Crippen molar-refractivity contribution in [2.45, 2.75) is 38.6 Å². The predicted octanol–water partition coefficient (Wildman–Crippen LogP) is 3.01. The molecule has 1 aliphatic carbocycles. The Bertz CT molecular complexity index is 554. The summed E-state index contributed by atoms with van der Waals surface area (Å²) in [5, 5.41) is 10.3. The van der Waals surface area contributed by atoms with Gasteiger partial charge in [-0.05, 0) is 42.4 Å². The number of guanidine groups is 1. The van der Waals surface area contributed by atoms with Crippen LogP contribution in [0.4, 0.5) is 5.69 Å². The van der Waals surface area contributed by atoms with Gasteiger partial charge < -0.3 is 25.4 Å². The highest BCUT2D eigenvalue weighted by atomic mass is 16.5. The Kier molecular flexibility index (Phi) is 9.42. The van der Waals surface area contributed by atoms with Gasteiger partial charge in [0.05, 0.1) is 6.61 Å². The Morgan fingerprint density at radius 1 is 1.04 bits per heavy atom. The van der Waals surface area contributed by atoms with Crippen LogP contribution in [0.15, 0.2) is 29.3 Å². The summed E-state index contributed by atoms with van der Waals surface area (Å²) >= 11 is 0. The minimum absolute atomic E-state index is 0.350. The molecular formula is C21H36N4O2. The molecule has 152 valence electrons. The fourth-order valence-corrected chi connectivity index (χ4v) is 3.67. The largest absolute Gasteiger partial charge is 0.385 e. The van der Waals surface area contributed by atoms with Gasteiger partial charge in [-0.2, -0.15) is 0 Å². The number of nitrogens with zero attached hydrogens (tertiary/aromatic N) is 1. The van der Waals surface area contributed by atoms with Crippen LogP contribution < -0.4 is 16.0 Å². The van der Waals surface area contributed by atoms with Gasteiger partial charge in [-0.1, -0.05) is 25.0 Å². The predicted molar refractivity (Wildman–Crippen MR) is 112 cm³/mol. The average Bonchev–Trinajstić information content (AvgIpc) is 3.17. The van der Waals surface area contributed by atoms with Crippen molar-refractivity contribution >= 4 is 11.6 Å². The zero-order valence-electron chi connectivity index (χ0n) is 17.1. The third-order valence-electron chi connectivity index (χ3n) is 5.40. The lowest BCUT2D eigenvalue weighted by Crippen LogP contribution is -2.43. The van der Waals surface area contributed by atoms with Crippen LogP contribution in [0.5, 0.6) is 0 Å². The second kappa shape index (κ2) is 11.8. The quantitative estimate of drug-likeness (QED) is 0.315. The van der Waals surface area contributed by atoms with Crippen LogP contribution in [0.2, 0.25) is 0 Å². The molecular weight excluding hydrogens is 340 g/mol. The fraction of sp³-hybridized carbons (Fsp3) is 0.667. The number of rotatable bonds is 11. The van der Waals surface area contributed by atoms with Crippen molar-refractivity contribution in [1.82, 2.24) is 10.6 Å². The summed E-state index contributed by atoms with van der Waals surface area (Å²) in [4.78, 5) is 4.38. The molecule has 2 rings (SSSR count). The van der Waals surface area contributed by atoms with Crippen molar-refractivity contribution < 1.29 is 9.47 Å². The third kappa shape index (κ3) is 7.39. The van der Waals surface area contributed by atoms with Gasteiger partial charge in [-0.15, -0.1) is 0 Å². The average molecular weight is 377 g/mol. The van der Waals surface area contributed by atoms with Gasteiger partial charge in [0, 0.05) is 53.2 Å². The number of benzene rings is 1. The summed E-state index contributed by atoms with van der Waals surface area (Å²) in [7, 11) is 5.33. The van der Waals surface area contributed by atoms with Gasteiger partial charge in [-0.25, -0.2) is 0 Å². The maximum Gasteiger partial charge on any atom is 0.191 e. The van der Waals surface area contributed by atoms with Gasteiger partial charge in [0.2, 0.25) is 0 Å². The van der Waals surface area contributed by atoms with Gasteiger partial charge >= 0.3 is 0 Å². The van der Waals surface area contributed by atoms with Gasteiger partial charge in [-0.3, -0.25) is 4.99 Å². The van der Waals surface area contributed by atoms with Gasteiger partial charge in [0.25, 0.3) is 0 Å². The Morgan fingerprint density at radius 3 is 2.37 bits per heavy atom. The van der Waals surface area contributed by atoms with E-state index >= 15 is 0 Å². The molecule has 6 nitrogen and oxygen atoms in total. The first-order valence-corrected chi connectivity index (χ1v) is 9.96. The smallest absolute Gasteiger partial charge is 0.191 e. The van der Waals surface area contributed by atoms with Crippen molar-refractivity contribution in [3.8, 4) is 0 Å². The van der Waals surface area contributed by atoms with E-state index in [9.17, 15) is 0 Å². The molecule has 3 N–H and O–H groups in total. The summed E-state index contributed by atoms with van der Waals surface area (Å²) in [5.41, 5.74) is 2.69. The molecule has 1 saturated carbocycles. The summed E-state index contributed by atoms with van der Waals surface area (Å²) < 4.78 is 10.4. The molecule has 0 unspecified atom stereocenters. The molecule has 1 fully saturated rings. The van der Waals surface area contributed by atoms with Crippen LogP contribution in [0.3, 0.4) is 0 Å². The van der Waals surface area contributed by atoms with E-state index < -0.39 is 0 Å². The maximum atomic E-state index is 5.32. The lowest BCUT2D eigenvalue weighted by Gasteiger charge is -2.30. The lowest BCUT2D eigenvalue weighted by atomic mass is 9.83. The highest BCUT2D eigenvalue weighted by molar-refractivity contribution is 5.79. The molecule has 0 heterocycles. The molecule has 1 aromatic carbocycles. The molecule has 0 aromatic heterocycles. The van der Waals surface area contributed by atoms with Crippen molar-refractivity contribution in [3.05, 3.63) is 29.8 Å². The molecule has 0 bridgehead atoms. The van der Waals surface area contributed by atoms with Crippen LogP contribution in [-0.4, -0.2) is 53.5 Å². The maximum absolute atomic E-state index is 5.32. The van der Waals surface area contributed by atoms with Crippen molar-refractivity contribution in [2.24, 2.45) is 10.4 Å². The highest BCUT2D eigenvalue weighted by Crippen LogP contribution is 2.40. The first kappa shape index (κ1) is 21.5. The molecule has 0 aliphatic heterocycles. The van der Waals surface area contributed by atoms with Crippen molar-refractivity contribution in [2.75, 3.05) is 52.9 Å². The number of hydrogen-bond donors (Lipinski definition) is 3. The van der Waals surface area contributed by atoms with E-state index in [-0.39, 0.29) is 0 Å². The van der Waals surface area contributed by atoms with Crippen LogP contribution in [0.25, 0.3) is 0 Å². The third-order valence-corrected chi connectivity index (χ3v) is 5.40. The summed E-state index contributed by atoms with van der Waals surface area (Å²) in [6.07, 6.45) is 6.31. The number of ether oxygens (including phenoxy) is 2.